The van der Waals surface area contributed by atoms with Crippen LogP contribution in [0, 0.1) is 0 Å². The number of amides is 1. The van der Waals surface area contributed by atoms with Crippen LogP contribution in [-0.2, 0) is 9.53 Å². The average Bonchev–Trinajstić information content (AvgIpc) is 2.52. The van der Waals surface area contributed by atoms with Gasteiger partial charge >= 0.3 is 12.1 Å². The molecule has 2 N–H and O–H groups in total. The van der Waals surface area contributed by atoms with Crippen molar-refractivity contribution >= 4 is 35.4 Å². The van der Waals surface area contributed by atoms with Crippen molar-refractivity contribution in [1.29, 1.82) is 0 Å². The minimum absolute atomic E-state index is 0.331. The first-order valence-electron chi connectivity index (χ1n) is 8.36. The maximum atomic E-state index is 11.7. The number of carbonyl (C=O) groups is 2. The molecule has 0 radical (unpaired) electrons. The third kappa shape index (κ3) is 10.4. The van der Waals surface area contributed by atoms with E-state index in [1.807, 2.05) is 12.1 Å². The van der Waals surface area contributed by atoms with E-state index in [1.165, 1.54) is 0 Å². The summed E-state index contributed by atoms with van der Waals surface area (Å²) in [5.74, 6) is 1.16. The quantitative estimate of drug-likeness (QED) is 0.569. The number of benzene rings is 1. The summed E-state index contributed by atoms with van der Waals surface area (Å²) < 4.78 is 10.7. The Morgan fingerprint density at radius 3 is 2.46 bits per heavy atom. The Morgan fingerprint density at radius 2 is 1.88 bits per heavy atom. The fourth-order valence-electron chi connectivity index (χ4n) is 1.89. The molecule has 0 aliphatic carbocycles. The maximum Gasteiger partial charge on any atom is 0.408 e. The highest BCUT2D eigenvalue weighted by molar-refractivity contribution is 7.99. The van der Waals surface area contributed by atoms with Gasteiger partial charge in [0, 0.05) is 5.02 Å². The van der Waals surface area contributed by atoms with Crippen molar-refractivity contribution in [1.82, 2.24) is 5.32 Å². The smallest absolute Gasteiger partial charge is 0.408 e. The maximum absolute atomic E-state index is 11.7. The molecule has 1 atom stereocenters. The zero-order valence-electron chi connectivity index (χ0n) is 15.3. The summed E-state index contributed by atoms with van der Waals surface area (Å²) in [5, 5.41) is 12.3. The van der Waals surface area contributed by atoms with E-state index in [1.54, 1.807) is 44.7 Å². The molecule has 0 aliphatic heterocycles. The molecule has 0 spiro atoms. The molecule has 0 aromatic heterocycles. The van der Waals surface area contributed by atoms with Crippen molar-refractivity contribution in [2.75, 3.05) is 18.1 Å². The third-order valence-corrected chi connectivity index (χ3v) is 4.41. The van der Waals surface area contributed by atoms with Crippen LogP contribution < -0.4 is 10.1 Å². The molecule has 26 heavy (non-hydrogen) atoms. The highest BCUT2D eigenvalue weighted by atomic mass is 35.5. The lowest BCUT2D eigenvalue weighted by molar-refractivity contribution is -0.139. The number of alkyl carbamates (subject to hydrolysis) is 1. The number of ether oxygens (including phenoxy) is 2. The second-order valence-electron chi connectivity index (χ2n) is 6.59. The van der Waals surface area contributed by atoms with E-state index in [0.29, 0.717) is 23.8 Å². The Kier molecular flexibility index (Phi) is 9.65. The lowest BCUT2D eigenvalue weighted by atomic mass is 10.2. The summed E-state index contributed by atoms with van der Waals surface area (Å²) in [4.78, 5) is 22.9. The molecule has 1 aromatic rings. The van der Waals surface area contributed by atoms with Crippen molar-refractivity contribution < 1.29 is 24.2 Å². The topological polar surface area (TPSA) is 84.9 Å². The molecule has 0 aliphatic rings. The van der Waals surface area contributed by atoms with Gasteiger partial charge in [0.05, 0.1) is 6.61 Å². The van der Waals surface area contributed by atoms with Crippen molar-refractivity contribution in [3.8, 4) is 5.75 Å². The Morgan fingerprint density at radius 1 is 1.23 bits per heavy atom. The van der Waals surface area contributed by atoms with Gasteiger partial charge in [-0.15, -0.1) is 0 Å². The Labute approximate surface area is 163 Å². The monoisotopic (exact) mass is 403 g/mol. The number of nitrogens with one attached hydrogen (secondary N) is 1. The predicted molar refractivity (Wildman–Crippen MR) is 104 cm³/mol. The van der Waals surface area contributed by atoms with Gasteiger partial charge in [0.1, 0.15) is 17.4 Å². The van der Waals surface area contributed by atoms with Crippen LogP contribution in [0.15, 0.2) is 24.3 Å². The summed E-state index contributed by atoms with van der Waals surface area (Å²) >= 11 is 7.43. The number of hydrogen-bond donors (Lipinski definition) is 2. The van der Waals surface area contributed by atoms with Crippen LogP contribution in [0.2, 0.25) is 5.02 Å². The van der Waals surface area contributed by atoms with E-state index in [2.05, 4.69) is 5.32 Å². The van der Waals surface area contributed by atoms with E-state index in [9.17, 15) is 14.7 Å². The largest absolute Gasteiger partial charge is 0.494 e. The number of hydrogen-bond acceptors (Lipinski definition) is 5. The SMILES string of the molecule is CC(C)(C)OC(=O)NC(CCSCCCOc1ccc(Cl)cc1)C(=O)O. The van der Waals surface area contributed by atoms with E-state index in [0.717, 1.165) is 17.9 Å². The molecule has 1 unspecified atom stereocenters. The van der Waals surface area contributed by atoms with Gasteiger partial charge in [0.2, 0.25) is 0 Å². The molecule has 0 saturated carbocycles. The van der Waals surface area contributed by atoms with Crippen LogP contribution in [0.25, 0.3) is 0 Å². The molecule has 146 valence electrons. The zero-order chi connectivity index (χ0) is 19.6. The van der Waals surface area contributed by atoms with E-state index < -0.39 is 23.7 Å². The Bertz CT molecular complexity index is 574. The molecule has 0 fully saturated rings. The number of halogens is 1. The first-order chi connectivity index (χ1) is 12.2. The van der Waals surface area contributed by atoms with Gasteiger partial charge in [0.15, 0.2) is 0 Å². The number of carboxylic acid groups (broad SMARTS) is 1. The minimum Gasteiger partial charge on any atom is -0.494 e. The molecule has 8 heteroatoms. The van der Waals surface area contributed by atoms with Gasteiger partial charge in [-0.2, -0.15) is 11.8 Å². The summed E-state index contributed by atoms with van der Waals surface area (Å²) in [7, 11) is 0. The van der Waals surface area contributed by atoms with Crippen molar-refractivity contribution in [2.24, 2.45) is 0 Å². The number of rotatable bonds is 10. The summed E-state index contributed by atoms with van der Waals surface area (Å²) in [6.07, 6.45) is 0.452. The summed E-state index contributed by atoms with van der Waals surface area (Å²) in [5.41, 5.74) is -0.661. The van der Waals surface area contributed by atoms with Gasteiger partial charge in [-0.05, 0) is 69.4 Å². The van der Waals surface area contributed by atoms with Crippen LogP contribution in [0.3, 0.4) is 0 Å². The molecule has 1 amide bonds. The zero-order valence-corrected chi connectivity index (χ0v) is 16.9. The van der Waals surface area contributed by atoms with E-state index >= 15 is 0 Å². The fraction of sp³-hybridized carbons (Fsp3) is 0.556. The molecular formula is C18H26ClNO5S. The second kappa shape index (κ2) is 11.2. The Hall–Kier alpha value is -1.60. The molecule has 1 rings (SSSR count). The second-order valence-corrected chi connectivity index (χ2v) is 8.26. The summed E-state index contributed by atoms with van der Waals surface area (Å²) in [6, 6.07) is 6.22. The van der Waals surface area contributed by atoms with E-state index in [4.69, 9.17) is 21.1 Å². The van der Waals surface area contributed by atoms with Crippen molar-refractivity contribution in [3.63, 3.8) is 0 Å². The molecular weight excluding hydrogens is 378 g/mol. The van der Waals surface area contributed by atoms with Gasteiger partial charge in [-0.1, -0.05) is 11.6 Å². The number of carboxylic acids is 1. The van der Waals surface area contributed by atoms with Crippen molar-refractivity contribution in [2.45, 2.75) is 45.3 Å². The average molecular weight is 404 g/mol. The third-order valence-electron chi connectivity index (χ3n) is 3.06. The molecule has 0 saturated heterocycles. The van der Waals surface area contributed by atoms with Gasteiger partial charge < -0.3 is 19.9 Å². The number of thioether (sulfide) groups is 1. The van der Waals surface area contributed by atoms with Crippen molar-refractivity contribution in [3.05, 3.63) is 29.3 Å². The van der Waals surface area contributed by atoms with E-state index in [-0.39, 0.29) is 0 Å². The predicted octanol–water partition coefficient (Wildman–Crippen LogP) is 4.21. The standard InChI is InChI=1S/C18H26ClNO5S/c1-18(2,3)25-17(23)20-15(16(21)22)9-12-26-11-4-10-24-14-7-5-13(19)6-8-14/h5-8,15H,4,9-12H2,1-3H3,(H,20,23)(H,21,22). The number of aliphatic carboxylic acids is 1. The first-order valence-corrected chi connectivity index (χ1v) is 9.89. The van der Waals surface area contributed by atoms with Gasteiger partial charge in [-0.25, -0.2) is 9.59 Å². The van der Waals surface area contributed by atoms with Crippen LogP contribution in [0.1, 0.15) is 33.6 Å². The fourth-order valence-corrected chi connectivity index (χ4v) is 2.95. The molecule has 1 aromatic carbocycles. The Balaban J connectivity index is 2.17. The number of carbonyl (C=O) groups excluding carboxylic acids is 1. The lowest BCUT2D eigenvalue weighted by Gasteiger charge is -2.21. The summed E-state index contributed by atoms with van der Waals surface area (Å²) in [6.45, 7) is 5.76. The minimum atomic E-state index is -1.07. The highest BCUT2D eigenvalue weighted by Gasteiger charge is 2.23. The lowest BCUT2D eigenvalue weighted by Crippen LogP contribution is -2.43. The van der Waals surface area contributed by atoms with Gasteiger partial charge in [-0.3, -0.25) is 0 Å². The van der Waals surface area contributed by atoms with Crippen LogP contribution in [0.5, 0.6) is 5.75 Å². The molecule has 0 heterocycles. The van der Waals surface area contributed by atoms with Crippen LogP contribution >= 0.6 is 23.4 Å². The first kappa shape index (κ1) is 22.4. The normalized spacial score (nSPS) is 12.3. The van der Waals surface area contributed by atoms with Crippen LogP contribution in [-0.4, -0.2) is 46.9 Å². The molecule has 0 bridgehead atoms. The highest BCUT2D eigenvalue weighted by Crippen LogP contribution is 2.16. The molecule has 6 nitrogen and oxygen atoms in total. The van der Waals surface area contributed by atoms with Crippen LogP contribution in [0.4, 0.5) is 4.79 Å². The van der Waals surface area contributed by atoms with Gasteiger partial charge in [0.25, 0.3) is 0 Å².